The molecule has 8 nitrogen and oxygen atoms in total. The van der Waals surface area contributed by atoms with Crippen molar-refractivity contribution < 1.29 is 28.6 Å². The summed E-state index contributed by atoms with van der Waals surface area (Å²) < 4.78 is 15.4. The monoisotopic (exact) mass is 602 g/mol. The molecule has 0 saturated carbocycles. The molecule has 1 heterocycles. The van der Waals surface area contributed by atoms with Crippen LogP contribution in [0, 0.1) is 0 Å². The van der Waals surface area contributed by atoms with Crippen molar-refractivity contribution in [2.45, 2.75) is 104 Å². The third kappa shape index (κ3) is 11.9. The predicted molar refractivity (Wildman–Crippen MR) is 171 cm³/mol. The smallest absolute Gasteiger partial charge is 0.347 e. The maximum atomic E-state index is 12.7. The fourth-order valence-electron chi connectivity index (χ4n) is 4.74. The van der Waals surface area contributed by atoms with Crippen molar-refractivity contribution >= 4 is 17.9 Å². The van der Waals surface area contributed by atoms with E-state index in [4.69, 9.17) is 14.2 Å². The van der Waals surface area contributed by atoms with Crippen molar-refractivity contribution in [2.75, 3.05) is 6.61 Å². The Morgan fingerprint density at radius 2 is 1.20 bits per heavy atom. The van der Waals surface area contributed by atoms with Gasteiger partial charge in [0.1, 0.15) is 5.75 Å². The zero-order chi connectivity index (χ0) is 31.6. The molecule has 0 fully saturated rings. The number of hydrogen-bond donors (Lipinski definition) is 0. The third-order valence-electron chi connectivity index (χ3n) is 7.36. The Morgan fingerprint density at radius 1 is 0.682 bits per heavy atom. The molecule has 0 N–H and O–H groups in total. The van der Waals surface area contributed by atoms with Crippen molar-refractivity contribution in [1.82, 2.24) is 9.97 Å². The summed E-state index contributed by atoms with van der Waals surface area (Å²) in [6.45, 7) is 5.58. The summed E-state index contributed by atoms with van der Waals surface area (Å²) in [5.74, 6) is -0.955. The number of benzene rings is 2. The van der Waals surface area contributed by atoms with E-state index in [1.165, 1.54) is 95.4 Å². The number of aromatic nitrogens is 2. The van der Waals surface area contributed by atoms with E-state index < -0.39 is 24.0 Å². The number of rotatable bonds is 19. The molecule has 0 amide bonds. The Kier molecular flexibility index (Phi) is 15.1. The average molecular weight is 603 g/mol. The fourth-order valence-corrected chi connectivity index (χ4v) is 4.74. The second-order valence-electron chi connectivity index (χ2n) is 11.0. The van der Waals surface area contributed by atoms with E-state index in [2.05, 4.69) is 16.9 Å². The van der Waals surface area contributed by atoms with Gasteiger partial charge in [-0.05, 0) is 68.7 Å². The van der Waals surface area contributed by atoms with E-state index >= 15 is 0 Å². The first-order chi connectivity index (χ1) is 21.4. The van der Waals surface area contributed by atoms with Gasteiger partial charge in [0.25, 0.3) is 0 Å². The first kappa shape index (κ1) is 34.4. The summed E-state index contributed by atoms with van der Waals surface area (Å²) in [5, 5.41) is 0. The topological polar surface area (TPSA) is 105 Å². The second-order valence-corrected chi connectivity index (χ2v) is 11.0. The SMILES string of the molecule is CCCCCCCCCCCCCc1cnc(-c2ccc(C(=O)Oc3ccc(C(=O)O[C@@H](C)C(=O)OCC)cc3)cc2)nc1. The largest absolute Gasteiger partial charge is 0.463 e. The van der Waals surface area contributed by atoms with Crippen LogP contribution in [0.2, 0.25) is 0 Å². The molecule has 236 valence electrons. The van der Waals surface area contributed by atoms with Gasteiger partial charge in [0.15, 0.2) is 11.9 Å². The molecular formula is C36H46N2O6. The van der Waals surface area contributed by atoms with Gasteiger partial charge in [-0.2, -0.15) is 0 Å². The lowest BCUT2D eigenvalue weighted by Gasteiger charge is -2.12. The van der Waals surface area contributed by atoms with Crippen LogP contribution in [0.25, 0.3) is 11.4 Å². The molecule has 44 heavy (non-hydrogen) atoms. The first-order valence-electron chi connectivity index (χ1n) is 16.0. The Hall–Kier alpha value is -4.07. The quantitative estimate of drug-likeness (QED) is 0.0766. The Labute approximate surface area is 261 Å². The molecular weight excluding hydrogens is 556 g/mol. The molecule has 0 aliphatic carbocycles. The number of esters is 3. The van der Waals surface area contributed by atoms with Gasteiger partial charge in [-0.3, -0.25) is 0 Å². The van der Waals surface area contributed by atoms with Gasteiger partial charge in [-0.1, -0.05) is 83.3 Å². The zero-order valence-electron chi connectivity index (χ0n) is 26.4. The van der Waals surface area contributed by atoms with Crippen LogP contribution in [0.4, 0.5) is 0 Å². The normalized spacial score (nSPS) is 11.5. The molecule has 0 unspecified atom stereocenters. The second kappa shape index (κ2) is 19.3. The van der Waals surface area contributed by atoms with Gasteiger partial charge < -0.3 is 14.2 Å². The summed E-state index contributed by atoms with van der Waals surface area (Å²) in [5.41, 5.74) is 2.53. The third-order valence-corrected chi connectivity index (χ3v) is 7.36. The van der Waals surface area contributed by atoms with Crippen LogP contribution >= 0.6 is 0 Å². The molecule has 3 rings (SSSR count). The minimum atomic E-state index is -1.02. The van der Waals surface area contributed by atoms with Crippen LogP contribution in [0.3, 0.4) is 0 Å². The lowest BCUT2D eigenvalue weighted by molar-refractivity contribution is -0.152. The lowest BCUT2D eigenvalue weighted by atomic mass is 10.0. The Bertz CT molecular complexity index is 1290. The van der Waals surface area contributed by atoms with Crippen LogP contribution in [0.5, 0.6) is 5.75 Å². The fraction of sp³-hybridized carbons (Fsp3) is 0.472. The number of ether oxygens (including phenoxy) is 3. The van der Waals surface area contributed by atoms with Crippen LogP contribution < -0.4 is 4.74 Å². The van der Waals surface area contributed by atoms with Crippen molar-refractivity contribution in [3.63, 3.8) is 0 Å². The van der Waals surface area contributed by atoms with Gasteiger partial charge in [0.05, 0.1) is 17.7 Å². The Morgan fingerprint density at radius 3 is 1.77 bits per heavy atom. The average Bonchev–Trinajstić information content (AvgIpc) is 3.04. The van der Waals surface area contributed by atoms with E-state index in [0.717, 1.165) is 24.0 Å². The van der Waals surface area contributed by atoms with Gasteiger partial charge in [0, 0.05) is 18.0 Å². The van der Waals surface area contributed by atoms with Crippen molar-refractivity contribution in [2.24, 2.45) is 0 Å². The van der Waals surface area contributed by atoms with Crippen molar-refractivity contribution in [3.05, 3.63) is 77.6 Å². The highest BCUT2D eigenvalue weighted by Crippen LogP contribution is 2.19. The zero-order valence-corrected chi connectivity index (χ0v) is 26.4. The molecule has 0 radical (unpaired) electrons. The standard InChI is InChI=1S/C36H46N2O6/c1-4-6-7-8-9-10-11-12-13-14-15-16-28-25-37-33(38-26-28)29-17-19-30(20-18-29)36(41)44-32-23-21-31(22-24-32)35(40)43-27(3)34(39)42-5-2/h17-27H,4-16H2,1-3H3/t27-/m0/s1. The number of aryl methyl sites for hydroxylation is 1. The molecule has 0 saturated heterocycles. The summed E-state index contributed by atoms with van der Waals surface area (Å²) in [6.07, 6.45) is 18.3. The number of carbonyl (C=O) groups is 3. The summed E-state index contributed by atoms with van der Waals surface area (Å²) in [4.78, 5) is 45.7. The van der Waals surface area contributed by atoms with Gasteiger partial charge in [0.2, 0.25) is 0 Å². The van der Waals surface area contributed by atoms with Gasteiger partial charge >= 0.3 is 17.9 Å². The van der Waals surface area contributed by atoms with Gasteiger partial charge in [-0.15, -0.1) is 0 Å². The highest BCUT2D eigenvalue weighted by atomic mass is 16.6. The lowest BCUT2D eigenvalue weighted by Crippen LogP contribution is -2.26. The predicted octanol–water partition coefficient (Wildman–Crippen LogP) is 8.32. The summed E-state index contributed by atoms with van der Waals surface area (Å²) >= 11 is 0. The molecule has 0 aliphatic rings. The highest BCUT2D eigenvalue weighted by molar-refractivity contribution is 5.93. The summed E-state index contributed by atoms with van der Waals surface area (Å²) in [7, 11) is 0. The highest BCUT2D eigenvalue weighted by Gasteiger charge is 2.20. The van der Waals surface area contributed by atoms with Crippen molar-refractivity contribution in [3.8, 4) is 17.1 Å². The van der Waals surface area contributed by atoms with Crippen LogP contribution in [-0.4, -0.2) is 40.6 Å². The molecule has 1 atom stereocenters. The maximum absolute atomic E-state index is 12.7. The minimum absolute atomic E-state index is 0.198. The van der Waals surface area contributed by atoms with Crippen LogP contribution in [0.1, 0.15) is 118 Å². The van der Waals surface area contributed by atoms with E-state index in [1.54, 1.807) is 31.2 Å². The number of nitrogens with zero attached hydrogens (tertiary/aromatic N) is 2. The van der Waals surface area contributed by atoms with Crippen LogP contribution in [0.15, 0.2) is 60.9 Å². The number of unbranched alkanes of at least 4 members (excludes halogenated alkanes) is 10. The van der Waals surface area contributed by atoms with E-state index in [0.29, 0.717) is 11.4 Å². The molecule has 0 spiro atoms. The molecule has 2 aromatic carbocycles. The van der Waals surface area contributed by atoms with E-state index in [9.17, 15) is 14.4 Å². The van der Waals surface area contributed by atoms with Gasteiger partial charge in [-0.25, -0.2) is 24.4 Å². The molecule has 3 aromatic rings. The van der Waals surface area contributed by atoms with E-state index in [1.807, 2.05) is 12.4 Å². The minimum Gasteiger partial charge on any atom is -0.463 e. The molecule has 8 heteroatoms. The Balaban J connectivity index is 1.39. The maximum Gasteiger partial charge on any atom is 0.347 e. The van der Waals surface area contributed by atoms with Crippen LogP contribution in [-0.2, 0) is 20.7 Å². The molecule has 0 aliphatic heterocycles. The number of hydrogen-bond acceptors (Lipinski definition) is 8. The molecule has 0 bridgehead atoms. The first-order valence-corrected chi connectivity index (χ1v) is 16.0. The van der Waals surface area contributed by atoms with E-state index in [-0.39, 0.29) is 17.9 Å². The molecule has 1 aromatic heterocycles. The summed E-state index contributed by atoms with van der Waals surface area (Å²) in [6, 6.07) is 12.8. The number of carbonyl (C=O) groups excluding carboxylic acids is 3. The van der Waals surface area contributed by atoms with Crippen molar-refractivity contribution in [1.29, 1.82) is 0 Å².